The zero-order valence-corrected chi connectivity index (χ0v) is 20.4. The predicted molar refractivity (Wildman–Crippen MR) is 145 cm³/mol. The SMILES string of the molecule is Cc1ccc(NCc2cn3ncnc(N)c3c2-c2ccc(NC(=O)Nc3cc(C)ccc3F)cc2)cc1. The van der Waals surface area contributed by atoms with Crippen molar-refractivity contribution in [2.45, 2.75) is 20.4 Å². The van der Waals surface area contributed by atoms with Crippen molar-refractivity contribution in [3.8, 4) is 11.1 Å². The van der Waals surface area contributed by atoms with Gasteiger partial charge in [-0.15, -0.1) is 0 Å². The molecular weight excluding hydrogens is 469 g/mol. The van der Waals surface area contributed by atoms with Gasteiger partial charge in [0.05, 0.1) is 5.69 Å². The van der Waals surface area contributed by atoms with Crippen molar-refractivity contribution >= 4 is 34.4 Å². The highest BCUT2D eigenvalue weighted by Crippen LogP contribution is 2.33. The van der Waals surface area contributed by atoms with Crippen LogP contribution in [0.25, 0.3) is 16.6 Å². The number of urea groups is 1. The van der Waals surface area contributed by atoms with Crippen LogP contribution in [0.3, 0.4) is 0 Å². The highest BCUT2D eigenvalue weighted by molar-refractivity contribution is 6.00. The minimum Gasteiger partial charge on any atom is -0.382 e. The van der Waals surface area contributed by atoms with Gasteiger partial charge in [0.15, 0.2) is 5.82 Å². The first-order chi connectivity index (χ1) is 17.9. The number of anilines is 4. The molecule has 5 aromatic rings. The van der Waals surface area contributed by atoms with Gasteiger partial charge in [-0.1, -0.05) is 35.9 Å². The van der Waals surface area contributed by atoms with E-state index in [1.165, 1.54) is 18.0 Å². The Balaban J connectivity index is 1.39. The molecule has 0 atom stereocenters. The van der Waals surface area contributed by atoms with E-state index in [-0.39, 0.29) is 5.69 Å². The third kappa shape index (κ3) is 5.20. The molecule has 3 aromatic carbocycles. The van der Waals surface area contributed by atoms with Crippen LogP contribution in [0.1, 0.15) is 16.7 Å². The van der Waals surface area contributed by atoms with Crippen LogP contribution in [0.5, 0.6) is 0 Å². The molecule has 0 aliphatic rings. The molecule has 0 fully saturated rings. The van der Waals surface area contributed by atoms with Crippen molar-refractivity contribution < 1.29 is 9.18 Å². The maximum absolute atomic E-state index is 14.0. The fraction of sp³-hybridized carbons (Fsp3) is 0.107. The second-order valence-corrected chi connectivity index (χ2v) is 8.83. The summed E-state index contributed by atoms with van der Waals surface area (Å²) in [6.07, 6.45) is 3.35. The van der Waals surface area contributed by atoms with Crippen LogP contribution in [0.4, 0.5) is 32.1 Å². The Morgan fingerprint density at radius 2 is 1.65 bits per heavy atom. The number of carbonyl (C=O) groups is 1. The molecule has 0 aliphatic carbocycles. The van der Waals surface area contributed by atoms with E-state index >= 15 is 0 Å². The summed E-state index contributed by atoms with van der Waals surface area (Å²) in [4.78, 5) is 16.6. The summed E-state index contributed by atoms with van der Waals surface area (Å²) in [6, 6.07) is 19.5. The maximum atomic E-state index is 14.0. The van der Waals surface area contributed by atoms with E-state index in [0.717, 1.165) is 27.9 Å². The van der Waals surface area contributed by atoms with Crippen molar-refractivity contribution in [1.29, 1.82) is 0 Å². The molecule has 8 nitrogen and oxygen atoms in total. The molecule has 0 unspecified atom stereocenters. The molecule has 0 aliphatic heterocycles. The average Bonchev–Trinajstić information content (AvgIpc) is 3.26. The molecule has 5 N–H and O–H groups in total. The molecule has 37 heavy (non-hydrogen) atoms. The number of rotatable bonds is 6. The Morgan fingerprint density at radius 1 is 0.946 bits per heavy atom. The molecule has 0 saturated heterocycles. The molecule has 186 valence electrons. The normalized spacial score (nSPS) is 10.9. The molecule has 0 radical (unpaired) electrons. The highest BCUT2D eigenvalue weighted by atomic mass is 19.1. The number of fused-ring (bicyclic) bond motifs is 1. The fourth-order valence-electron chi connectivity index (χ4n) is 4.15. The van der Waals surface area contributed by atoms with Gasteiger partial charge in [0, 0.05) is 29.7 Å². The second kappa shape index (κ2) is 9.98. The number of benzene rings is 3. The number of carbonyl (C=O) groups excluding carboxylic acids is 1. The van der Waals surface area contributed by atoms with Gasteiger partial charge in [-0.05, 0) is 66.9 Å². The van der Waals surface area contributed by atoms with E-state index in [2.05, 4.69) is 38.2 Å². The van der Waals surface area contributed by atoms with Crippen LogP contribution >= 0.6 is 0 Å². The lowest BCUT2D eigenvalue weighted by molar-refractivity contribution is 0.262. The van der Waals surface area contributed by atoms with Crippen molar-refractivity contribution in [2.75, 3.05) is 21.7 Å². The smallest absolute Gasteiger partial charge is 0.323 e. The van der Waals surface area contributed by atoms with Crippen molar-refractivity contribution in [3.63, 3.8) is 0 Å². The van der Waals surface area contributed by atoms with Crippen LogP contribution in [0.2, 0.25) is 0 Å². The van der Waals surface area contributed by atoms with Crippen molar-refractivity contribution in [3.05, 3.63) is 102 Å². The van der Waals surface area contributed by atoms with E-state index in [4.69, 9.17) is 5.73 Å². The number of nitrogens with one attached hydrogen (secondary N) is 3. The van der Waals surface area contributed by atoms with E-state index in [1.54, 1.807) is 28.8 Å². The number of nitrogens with two attached hydrogens (primary N) is 1. The summed E-state index contributed by atoms with van der Waals surface area (Å²) in [6.45, 7) is 4.42. The number of halogens is 1. The number of hydrogen-bond acceptors (Lipinski definition) is 5. The summed E-state index contributed by atoms with van der Waals surface area (Å²) >= 11 is 0. The van der Waals surface area contributed by atoms with Crippen LogP contribution < -0.4 is 21.7 Å². The molecule has 0 spiro atoms. The lowest BCUT2D eigenvalue weighted by Gasteiger charge is -2.11. The van der Waals surface area contributed by atoms with Gasteiger partial charge in [0.1, 0.15) is 17.7 Å². The average molecular weight is 496 g/mol. The van der Waals surface area contributed by atoms with Gasteiger partial charge in [-0.3, -0.25) is 0 Å². The Labute approximate surface area is 213 Å². The number of nitrogens with zero attached hydrogens (tertiary/aromatic N) is 3. The van der Waals surface area contributed by atoms with Crippen LogP contribution in [0, 0.1) is 19.7 Å². The zero-order chi connectivity index (χ0) is 25.9. The first-order valence-electron chi connectivity index (χ1n) is 11.7. The van der Waals surface area contributed by atoms with Crippen molar-refractivity contribution in [1.82, 2.24) is 14.6 Å². The molecule has 9 heteroatoms. The van der Waals surface area contributed by atoms with Crippen molar-refractivity contribution in [2.24, 2.45) is 0 Å². The first kappa shape index (κ1) is 23.8. The van der Waals surface area contributed by atoms with Gasteiger partial charge in [0.25, 0.3) is 0 Å². The second-order valence-electron chi connectivity index (χ2n) is 8.83. The Bertz CT molecular complexity index is 1580. The molecule has 0 saturated carbocycles. The summed E-state index contributed by atoms with van der Waals surface area (Å²) in [5.74, 6) is -0.128. The minimum atomic E-state index is -0.535. The standard InChI is InChI=1S/C28H26FN7O/c1-17-3-8-21(9-4-17)31-14-20-15-36-26(27(30)32-16-33-36)25(20)19-6-10-22(11-7-19)34-28(37)35-24-13-18(2)5-12-23(24)29/h3-13,15-16,31H,14H2,1-2H3,(H2,30,32,33)(H2,34,35,37). The number of aryl methyl sites for hydroxylation is 2. The monoisotopic (exact) mass is 495 g/mol. The predicted octanol–water partition coefficient (Wildman–Crippen LogP) is 5.99. The van der Waals surface area contributed by atoms with Gasteiger partial charge >= 0.3 is 6.03 Å². The molecular formula is C28H26FN7O. The zero-order valence-electron chi connectivity index (χ0n) is 20.4. The molecule has 0 bridgehead atoms. The quantitative estimate of drug-likeness (QED) is 0.231. The highest BCUT2D eigenvalue weighted by Gasteiger charge is 2.17. The van der Waals surface area contributed by atoms with E-state index < -0.39 is 11.8 Å². The largest absolute Gasteiger partial charge is 0.382 e. The number of hydrogen-bond donors (Lipinski definition) is 4. The van der Waals surface area contributed by atoms with E-state index in [1.807, 2.05) is 44.3 Å². The minimum absolute atomic E-state index is 0.121. The molecule has 2 heterocycles. The molecule has 2 aromatic heterocycles. The van der Waals surface area contributed by atoms with Crippen LogP contribution in [-0.4, -0.2) is 20.6 Å². The number of amides is 2. The topological polar surface area (TPSA) is 109 Å². The Kier molecular flexibility index (Phi) is 6.42. The maximum Gasteiger partial charge on any atom is 0.323 e. The molecule has 5 rings (SSSR count). The van der Waals surface area contributed by atoms with Crippen LogP contribution in [0.15, 0.2) is 79.3 Å². The summed E-state index contributed by atoms with van der Waals surface area (Å²) in [5.41, 5.74) is 13.4. The van der Waals surface area contributed by atoms with Crippen LogP contribution in [-0.2, 0) is 6.54 Å². The van der Waals surface area contributed by atoms with Gasteiger partial charge in [-0.25, -0.2) is 18.7 Å². The lowest BCUT2D eigenvalue weighted by atomic mass is 10.0. The van der Waals surface area contributed by atoms with E-state index in [0.29, 0.717) is 23.6 Å². The Hall–Kier alpha value is -4.92. The first-order valence-corrected chi connectivity index (χ1v) is 11.7. The summed E-state index contributed by atoms with van der Waals surface area (Å²) in [5, 5.41) is 13.1. The fourth-order valence-corrected chi connectivity index (χ4v) is 4.15. The van der Waals surface area contributed by atoms with Gasteiger partial charge < -0.3 is 21.7 Å². The van der Waals surface area contributed by atoms with Gasteiger partial charge in [0.2, 0.25) is 0 Å². The lowest BCUT2D eigenvalue weighted by Crippen LogP contribution is -2.20. The summed E-state index contributed by atoms with van der Waals surface area (Å²) < 4.78 is 15.7. The third-order valence-corrected chi connectivity index (χ3v) is 6.02. The molecule has 2 amide bonds. The summed E-state index contributed by atoms with van der Waals surface area (Å²) in [7, 11) is 0. The van der Waals surface area contributed by atoms with Gasteiger partial charge in [-0.2, -0.15) is 5.10 Å². The number of nitrogen functional groups attached to an aromatic ring is 1. The number of aromatic nitrogens is 3. The van der Waals surface area contributed by atoms with E-state index in [9.17, 15) is 9.18 Å². The third-order valence-electron chi connectivity index (χ3n) is 6.02. The Morgan fingerprint density at radius 3 is 2.41 bits per heavy atom.